The fraction of sp³-hybridized carbons (Fsp3) is 0.385. The number of rotatable bonds is 3. The number of fused-ring (bicyclic) bond motifs is 5. The van der Waals surface area contributed by atoms with Crippen LogP contribution in [-0.4, -0.2) is 15.2 Å². The average molecular weight is 217 g/mol. The molecule has 84 valence electrons. The van der Waals surface area contributed by atoms with Crippen LogP contribution in [0.3, 0.4) is 0 Å². The molecule has 2 aliphatic carbocycles. The summed E-state index contributed by atoms with van der Waals surface area (Å²) in [4.78, 5) is 2.63. The molecule has 0 saturated heterocycles. The lowest BCUT2D eigenvalue weighted by Crippen LogP contribution is -2.17. The SMILES string of the molecule is C=CCCC12C=CC(C1)c1c(O)[nH]c(O)c12. The largest absolute Gasteiger partial charge is 0.494 e. The van der Waals surface area contributed by atoms with E-state index in [9.17, 15) is 10.2 Å². The molecule has 0 spiro atoms. The predicted octanol–water partition coefficient (Wildman–Crippen LogP) is 2.69. The van der Waals surface area contributed by atoms with Gasteiger partial charge in [-0.2, -0.15) is 0 Å². The molecule has 3 heteroatoms. The first-order chi connectivity index (χ1) is 7.68. The van der Waals surface area contributed by atoms with Crippen LogP contribution in [0.15, 0.2) is 24.8 Å². The maximum absolute atomic E-state index is 9.86. The summed E-state index contributed by atoms with van der Waals surface area (Å²) >= 11 is 0. The van der Waals surface area contributed by atoms with Gasteiger partial charge in [0.05, 0.1) is 0 Å². The van der Waals surface area contributed by atoms with Crippen molar-refractivity contribution in [3.8, 4) is 11.8 Å². The summed E-state index contributed by atoms with van der Waals surface area (Å²) in [6.07, 6.45) is 9.05. The van der Waals surface area contributed by atoms with E-state index in [1.54, 1.807) is 0 Å². The molecule has 3 nitrogen and oxygen atoms in total. The van der Waals surface area contributed by atoms with Crippen molar-refractivity contribution < 1.29 is 10.2 Å². The normalized spacial score (nSPS) is 29.6. The minimum absolute atomic E-state index is 0.0875. The van der Waals surface area contributed by atoms with Gasteiger partial charge in [0.15, 0.2) is 11.8 Å². The summed E-state index contributed by atoms with van der Waals surface area (Å²) in [6, 6.07) is 0. The molecule has 1 heterocycles. The minimum Gasteiger partial charge on any atom is -0.494 e. The smallest absolute Gasteiger partial charge is 0.195 e. The van der Waals surface area contributed by atoms with Crippen LogP contribution >= 0.6 is 0 Å². The second-order valence-electron chi connectivity index (χ2n) is 4.76. The van der Waals surface area contributed by atoms with Crippen LogP contribution in [0.1, 0.15) is 36.3 Å². The molecule has 3 N–H and O–H groups in total. The molecule has 0 aliphatic heterocycles. The lowest BCUT2D eigenvalue weighted by atomic mass is 9.79. The van der Waals surface area contributed by atoms with E-state index in [2.05, 4.69) is 23.7 Å². The standard InChI is InChI=1S/C13H15NO2/c1-2-3-5-13-6-4-8(7-13)9-10(13)12(16)14-11(9)15/h2,4,6,8,14-16H,1,3,5,7H2. The quantitative estimate of drug-likeness (QED) is 0.682. The molecule has 0 saturated carbocycles. The van der Waals surface area contributed by atoms with Gasteiger partial charge in [-0.15, -0.1) is 6.58 Å². The fourth-order valence-electron chi connectivity index (χ4n) is 3.24. The molecule has 0 aromatic carbocycles. The second-order valence-corrected chi connectivity index (χ2v) is 4.76. The summed E-state index contributed by atoms with van der Waals surface area (Å²) < 4.78 is 0. The summed E-state index contributed by atoms with van der Waals surface area (Å²) in [5.41, 5.74) is 1.71. The van der Waals surface area contributed by atoms with Crippen LogP contribution in [-0.2, 0) is 5.41 Å². The van der Waals surface area contributed by atoms with Crippen LogP contribution in [0.4, 0.5) is 0 Å². The molecule has 0 radical (unpaired) electrons. The number of hydrogen-bond donors (Lipinski definition) is 3. The molecular formula is C13H15NO2. The van der Waals surface area contributed by atoms with Crippen molar-refractivity contribution in [2.45, 2.75) is 30.6 Å². The first-order valence-electron chi connectivity index (χ1n) is 5.62. The van der Waals surface area contributed by atoms with Crippen LogP contribution in [0.25, 0.3) is 0 Å². The Morgan fingerprint density at radius 2 is 2.31 bits per heavy atom. The van der Waals surface area contributed by atoms with Gasteiger partial charge >= 0.3 is 0 Å². The molecule has 0 fully saturated rings. The second kappa shape index (κ2) is 2.94. The van der Waals surface area contributed by atoms with E-state index in [1.807, 2.05) is 6.08 Å². The Hall–Kier alpha value is -1.64. The first-order valence-corrected chi connectivity index (χ1v) is 5.62. The van der Waals surface area contributed by atoms with Crippen LogP contribution in [0, 0.1) is 0 Å². The molecule has 16 heavy (non-hydrogen) atoms. The summed E-state index contributed by atoms with van der Waals surface area (Å²) in [5.74, 6) is 0.516. The number of H-pyrrole nitrogens is 1. The molecule has 0 amide bonds. The topological polar surface area (TPSA) is 56.2 Å². The third-order valence-electron chi connectivity index (χ3n) is 3.89. The van der Waals surface area contributed by atoms with Gasteiger partial charge in [-0.3, -0.25) is 4.98 Å². The monoisotopic (exact) mass is 217 g/mol. The van der Waals surface area contributed by atoms with Gasteiger partial charge in [0.2, 0.25) is 0 Å². The molecule has 1 aromatic heterocycles. The van der Waals surface area contributed by atoms with Crippen LogP contribution in [0.5, 0.6) is 11.8 Å². The predicted molar refractivity (Wildman–Crippen MR) is 61.7 cm³/mol. The zero-order chi connectivity index (χ0) is 11.3. The molecular weight excluding hydrogens is 202 g/mol. The van der Waals surface area contributed by atoms with Crippen molar-refractivity contribution in [3.63, 3.8) is 0 Å². The van der Waals surface area contributed by atoms with E-state index in [1.165, 1.54) is 0 Å². The Balaban J connectivity index is 2.11. The first kappa shape index (κ1) is 9.58. The third-order valence-corrected chi connectivity index (χ3v) is 3.89. The van der Waals surface area contributed by atoms with Crippen molar-refractivity contribution in [2.75, 3.05) is 0 Å². The lowest BCUT2D eigenvalue weighted by molar-refractivity contribution is 0.403. The molecule has 2 aliphatic rings. The molecule has 2 unspecified atom stereocenters. The van der Waals surface area contributed by atoms with Gasteiger partial charge in [0.25, 0.3) is 0 Å². The Kier molecular flexibility index (Phi) is 1.76. The fourth-order valence-corrected chi connectivity index (χ4v) is 3.24. The van der Waals surface area contributed by atoms with Gasteiger partial charge in [-0.05, 0) is 19.3 Å². The number of allylic oxidation sites excluding steroid dienone is 3. The van der Waals surface area contributed by atoms with Gasteiger partial charge in [-0.25, -0.2) is 0 Å². The Morgan fingerprint density at radius 3 is 3.06 bits per heavy atom. The highest BCUT2D eigenvalue weighted by molar-refractivity contribution is 5.61. The van der Waals surface area contributed by atoms with E-state index in [4.69, 9.17) is 0 Å². The molecule has 1 aromatic rings. The summed E-state index contributed by atoms with van der Waals surface area (Å²) in [6.45, 7) is 3.74. The van der Waals surface area contributed by atoms with E-state index >= 15 is 0 Å². The van der Waals surface area contributed by atoms with Gasteiger partial charge in [0, 0.05) is 22.5 Å². The maximum atomic E-state index is 9.86. The summed E-state index contributed by atoms with van der Waals surface area (Å²) in [5, 5.41) is 19.6. The average Bonchev–Trinajstić information content (AvgIpc) is 2.88. The number of aromatic amines is 1. The number of nitrogens with one attached hydrogen (secondary N) is 1. The number of aromatic hydroxyl groups is 2. The molecule has 2 atom stereocenters. The highest BCUT2D eigenvalue weighted by Gasteiger charge is 2.49. The van der Waals surface area contributed by atoms with Crippen molar-refractivity contribution in [2.24, 2.45) is 0 Å². The van der Waals surface area contributed by atoms with E-state index in [0.29, 0.717) is 0 Å². The Morgan fingerprint density at radius 1 is 1.50 bits per heavy atom. The highest BCUT2D eigenvalue weighted by atomic mass is 16.3. The Bertz CT molecular complexity index is 486. The minimum atomic E-state index is -0.0875. The maximum Gasteiger partial charge on any atom is 0.195 e. The van der Waals surface area contributed by atoms with Crippen molar-refractivity contribution >= 4 is 0 Å². The highest BCUT2D eigenvalue weighted by Crippen LogP contribution is 2.60. The molecule has 2 bridgehead atoms. The number of aromatic nitrogens is 1. The van der Waals surface area contributed by atoms with Crippen LogP contribution in [0.2, 0.25) is 0 Å². The van der Waals surface area contributed by atoms with Crippen molar-refractivity contribution in [1.29, 1.82) is 0 Å². The molecule has 3 rings (SSSR count). The van der Waals surface area contributed by atoms with E-state index in [0.717, 1.165) is 30.4 Å². The summed E-state index contributed by atoms with van der Waals surface area (Å²) in [7, 11) is 0. The third kappa shape index (κ3) is 0.979. The van der Waals surface area contributed by atoms with Crippen LogP contribution < -0.4 is 0 Å². The van der Waals surface area contributed by atoms with E-state index < -0.39 is 0 Å². The van der Waals surface area contributed by atoms with Crippen molar-refractivity contribution in [1.82, 2.24) is 4.98 Å². The van der Waals surface area contributed by atoms with Crippen molar-refractivity contribution in [3.05, 3.63) is 35.9 Å². The Labute approximate surface area is 94.1 Å². The zero-order valence-electron chi connectivity index (χ0n) is 9.03. The van der Waals surface area contributed by atoms with Gasteiger partial charge in [0.1, 0.15) is 0 Å². The zero-order valence-corrected chi connectivity index (χ0v) is 9.03. The number of hydrogen-bond acceptors (Lipinski definition) is 2. The van der Waals surface area contributed by atoms with Gasteiger partial charge in [-0.1, -0.05) is 18.2 Å². The lowest BCUT2D eigenvalue weighted by Gasteiger charge is -2.23. The van der Waals surface area contributed by atoms with Gasteiger partial charge < -0.3 is 10.2 Å². The van der Waals surface area contributed by atoms with E-state index in [-0.39, 0.29) is 23.1 Å².